The fourth-order valence-electron chi connectivity index (χ4n) is 2.45. The molecule has 0 aliphatic rings. The molecule has 1 aromatic rings. The monoisotopic (exact) mass is 495 g/mol. The van der Waals surface area contributed by atoms with E-state index >= 15 is 0 Å². The maximum atomic E-state index is 5.38. The number of methoxy groups -OCH3 is 2. The van der Waals surface area contributed by atoms with Gasteiger partial charge in [0, 0.05) is 26.7 Å². The smallest absolute Gasteiger partial charge is 0.193 e. The minimum atomic E-state index is 0. The Labute approximate surface area is 180 Å². The summed E-state index contributed by atoms with van der Waals surface area (Å²) in [5.41, 5.74) is 1.22. The van der Waals surface area contributed by atoms with Gasteiger partial charge in [0.2, 0.25) is 0 Å². The van der Waals surface area contributed by atoms with E-state index in [1.165, 1.54) is 17.7 Å². The highest BCUT2D eigenvalue weighted by molar-refractivity contribution is 14.0. The summed E-state index contributed by atoms with van der Waals surface area (Å²) < 4.78 is 10.7. The van der Waals surface area contributed by atoms with Crippen molar-refractivity contribution in [1.29, 1.82) is 0 Å². The molecule has 1 aromatic carbocycles. The summed E-state index contributed by atoms with van der Waals surface area (Å²) in [6.45, 7) is 4.76. The SMILES string of the molecule is CCNC(=NCCCCSC)N(C)CCc1ccc(OC)c(OC)c1.I. The summed E-state index contributed by atoms with van der Waals surface area (Å²) in [7, 11) is 5.41. The third-order valence-corrected chi connectivity index (χ3v) is 4.60. The summed E-state index contributed by atoms with van der Waals surface area (Å²) in [5.74, 6) is 3.73. The van der Waals surface area contributed by atoms with Crippen molar-refractivity contribution in [3.05, 3.63) is 23.8 Å². The quantitative estimate of drug-likeness (QED) is 0.218. The molecule has 7 heteroatoms. The summed E-state index contributed by atoms with van der Waals surface area (Å²) >= 11 is 1.89. The predicted octanol–water partition coefficient (Wildman–Crippen LogP) is 3.90. The second kappa shape index (κ2) is 15.2. The molecule has 1 N–H and O–H groups in total. The standard InChI is InChI=1S/C19H33N3O2S.HI/c1-6-20-19(21-12-7-8-14-25-5)22(2)13-11-16-9-10-17(23-3)18(15-16)24-4;/h9-10,15H,6-8,11-14H2,1-5H3,(H,20,21);1H. The number of unbranched alkanes of at least 4 members (excludes halogenated alkanes) is 1. The number of benzene rings is 1. The number of likely N-dealkylation sites (N-methyl/N-ethyl adjacent to an activating group) is 1. The number of guanidine groups is 1. The molecule has 0 radical (unpaired) electrons. The number of aliphatic imine (C=N–C) groups is 1. The fraction of sp³-hybridized carbons (Fsp3) is 0.632. The third-order valence-electron chi connectivity index (χ3n) is 3.90. The van der Waals surface area contributed by atoms with Crippen LogP contribution in [0.2, 0.25) is 0 Å². The molecule has 0 amide bonds. The highest BCUT2D eigenvalue weighted by atomic mass is 127. The summed E-state index contributed by atoms with van der Waals surface area (Å²) in [6.07, 6.45) is 5.43. The second-order valence-corrected chi connectivity index (χ2v) is 6.78. The van der Waals surface area contributed by atoms with Crippen molar-refractivity contribution in [3.63, 3.8) is 0 Å². The molecule has 0 saturated heterocycles. The zero-order chi connectivity index (χ0) is 18.5. The van der Waals surface area contributed by atoms with Crippen LogP contribution in [0.15, 0.2) is 23.2 Å². The van der Waals surface area contributed by atoms with Crippen LogP contribution >= 0.6 is 35.7 Å². The zero-order valence-electron chi connectivity index (χ0n) is 16.7. The Morgan fingerprint density at radius 1 is 1.19 bits per heavy atom. The van der Waals surface area contributed by atoms with Crippen LogP contribution in [-0.4, -0.2) is 63.8 Å². The molecule has 150 valence electrons. The first-order valence-electron chi connectivity index (χ1n) is 8.85. The van der Waals surface area contributed by atoms with E-state index in [1.807, 2.05) is 23.9 Å². The first-order chi connectivity index (χ1) is 12.2. The van der Waals surface area contributed by atoms with Gasteiger partial charge in [-0.15, -0.1) is 24.0 Å². The van der Waals surface area contributed by atoms with Gasteiger partial charge in [-0.05, 0) is 55.9 Å². The molecule has 0 unspecified atom stereocenters. The maximum Gasteiger partial charge on any atom is 0.193 e. The lowest BCUT2D eigenvalue weighted by Crippen LogP contribution is -2.40. The predicted molar refractivity (Wildman–Crippen MR) is 125 cm³/mol. The van der Waals surface area contributed by atoms with Gasteiger partial charge in [-0.25, -0.2) is 0 Å². The Morgan fingerprint density at radius 2 is 1.92 bits per heavy atom. The largest absolute Gasteiger partial charge is 0.493 e. The first-order valence-corrected chi connectivity index (χ1v) is 10.2. The van der Waals surface area contributed by atoms with Gasteiger partial charge in [0.25, 0.3) is 0 Å². The van der Waals surface area contributed by atoms with E-state index in [4.69, 9.17) is 14.5 Å². The van der Waals surface area contributed by atoms with Gasteiger partial charge in [0.1, 0.15) is 0 Å². The van der Waals surface area contributed by atoms with Crippen LogP contribution in [0, 0.1) is 0 Å². The van der Waals surface area contributed by atoms with Gasteiger partial charge < -0.3 is 19.7 Å². The van der Waals surface area contributed by atoms with Gasteiger partial charge in [-0.3, -0.25) is 4.99 Å². The number of hydrogen-bond acceptors (Lipinski definition) is 4. The lowest BCUT2D eigenvalue weighted by molar-refractivity contribution is 0.354. The number of thioether (sulfide) groups is 1. The lowest BCUT2D eigenvalue weighted by Gasteiger charge is -2.22. The number of hydrogen-bond donors (Lipinski definition) is 1. The van der Waals surface area contributed by atoms with Crippen LogP contribution in [0.25, 0.3) is 0 Å². The van der Waals surface area contributed by atoms with E-state index in [0.717, 1.165) is 49.9 Å². The molecule has 0 heterocycles. The van der Waals surface area contributed by atoms with E-state index in [9.17, 15) is 0 Å². The van der Waals surface area contributed by atoms with Crippen molar-refractivity contribution in [3.8, 4) is 11.5 Å². The minimum absolute atomic E-state index is 0. The van der Waals surface area contributed by atoms with E-state index in [0.29, 0.717) is 0 Å². The molecule has 0 aliphatic carbocycles. The number of nitrogens with one attached hydrogen (secondary N) is 1. The van der Waals surface area contributed by atoms with Crippen LogP contribution in [0.1, 0.15) is 25.3 Å². The van der Waals surface area contributed by atoms with Crippen molar-refractivity contribution >= 4 is 41.7 Å². The van der Waals surface area contributed by atoms with Gasteiger partial charge in [0.05, 0.1) is 14.2 Å². The number of rotatable bonds is 11. The van der Waals surface area contributed by atoms with Crippen molar-refractivity contribution in [1.82, 2.24) is 10.2 Å². The fourth-order valence-corrected chi connectivity index (χ4v) is 2.94. The van der Waals surface area contributed by atoms with E-state index in [-0.39, 0.29) is 24.0 Å². The van der Waals surface area contributed by atoms with Crippen LogP contribution in [0.4, 0.5) is 0 Å². The molecule has 26 heavy (non-hydrogen) atoms. The maximum absolute atomic E-state index is 5.38. The minimum Gasteiger partial charge on any atom is -0.493 e. The van der Waals surface area contributed by atoms with Crippen molar-refractivity contribution in [2.75, 3.05) is 52.9 Å². The molecule has 0 bridgehead atoms. The summed E-state index contributed by atoms with van der Waals surface area (Å²) in [4.78, 5) is 6.93. The van der Waals surface area contributed by atoms with Crippen LogP contribution < -0.4 is 14.8 Å². The molecular formula is C19H34IN3O2S. The van der Waals surface area contributed by atoms with E-state index in [2.05, 4.69) is 36.5 Å². The van der Waals surface area contributed by atoms with Gasteiger partial charge in [0.15, 0.2) is 17.5 Å². The van der Waals surface area contributed by atoms with E-state index < -0.39 is 0 Å². The topological polar surface area (TPSA) is 46.1 Å². The Balaban J connectivity index is 0.00000625. The molecule has 0 spiro atoms. The van der Waals surface area contributed by atoms with Gasteiger partial charge in [-0.1, -0.05) is 6.07 Å². The van der Waals surface area contributed by atoms with Gasteiger partial charge in [-0.2, -0.15) is 11.8 Å². The van der Waals surface area contributed by atoms with E-state index in [1.54, 1.807) is 14.2 Å². The Bertz CT molecular complexity index is 530. The molecule has 1 rings (SSSR count). The molecule has 0 aliphatic heterocycles. The third kappa shape index (κ3) is 9.21. The Morgan fingerprint density at radius 3 is 2.54 bits per heavy atom. The number of ether oxygens (including phenoxy) is 2. The Kier molecular flexibility index (Phi) is 14.8. The molecule has 0 atom stereocenters. The van der Waals surface area contributed by atoms with Crippen LogP contribution in [-0.2, 0) is 6.42 Å². The second-order valence-electron chi connectivity index (χ2n) is 5.80. The normalized spacial score (nSPS) is 10.9. The Hall–Kier alpha value is -0.830. The van der Waals surface area contributed by atoms with Crippen LogP contribution in [0.3, 0.4) is 0 Å². The average molecular weight is 495 g/mol. The highest BCUT2D eigenvalue weighted by Gasteiger charge is 2.08. The lowest BCUT2D eigenvalue weighted by atomic mass is 10.1. The zero-order valence-corrected chi connectivity index (χ0v) is 19.9. The van der Waals surface area contributed by atoms with Gasteiger partial charge >= 0.3 is 0 Å². The number of nitrogens with zero attached hydrogens (tertiary/aromatic N) is 2. The average Bonchev–Trinajstić information content (AvgIpc) is 2.64. The number of halogens is 1. The highest BCUT2D eigenvalue weighted by Crippen LogP contribution is 2.27. The first kappa shape index (κ1) is 25.2. The summed E-state index contributed by atoms with van der Waals surface area (Å²) in [5, 5.41) is 3.38. The molecule has 0 aromatic heterocycles. The van der Waals surface area contributed by atoms with Crippen molar-refractivity contribution < 1.29 is 9.47 Å². The van der Waals surface area contributed by atoms with Crippen molar-refractivity contribution in [2.45, 2.75) is 26.2 Å². The molecule has 0 fully saturated rings. The van der Waals surface area contributed by atoms with Crippen molar-refractivity contribution in [2.24, 2.45) is 4.99 Å². The molecular weight excluding hydrogens is 461 g/mol. The molecule has 5 nitrogen and oxygen atoms in total. The summed E-state index contributed by atoms with van der Waals surface area (Å²) in [6, 6.07) is 6.08. The van der Waals surface area contributed by atoms with Crippen LogP contribution in [0.5, 0.6) is 11.5 Å². The molecule has 0 saturated carbocycles.